The van der Waals surface area contributed by atoms with Gasteiger partial charge in [-0.15, -0.1) is 0 Å². The SMILES string of the molecule is COc1ccc(Cl)c(-c2cc3nccc(-c4cccc(C(=O)N[C@@H]5CCCC[C@@H]5N)c4)c3o2)c1. The van der Waals surface area contributed by atoms with Gasteiger partial charge in [0.15, 0.2) is 5.58 Å². The molecule has 2 aromatic heterocycles. The highest BCUT2D eigenvalue weighted by Crippen LogP contribution is 2.37. The van der Waals surface area contributed by atoms with Gasteiger partial charge in [0.2, 0.25) is 0 Å². The highest BCUT2D eigenvalue weighted by molar-refractivity contribution is 6.33. The maximum Gasteiger partial charge on any atom is 0.251 e. The van der Waals surface area contributed by atoms with Crippen LogP contribution in [-0.2, 0) is 0 Å². The minimum atomic E-state index is -0.113. The average molecular weight is 476 g/mol. The summed E-state index contributed by atoms with van der Waals surface area (Å²) in [7, 11) is 1.61. The Bertz CT molecular complexity index is 1350. The van der Waals surface area contributed by atoms with Crippen molar-refractivity contribution in [2.75, 3.05) is 7.11 Å². The fraction of sp³-hybridized carbons (Fsp3) is 0.259. The van der Waals surface area contributed by atoms with Crippen LogP contribution < -0.4 is 15.8 Å². The number of carbonyl (C=O) groups excluding carboxylic acids is 1. The average Bonchev–Trinajstić information content (AvgIpc) is 3.30. The van der Waals surface area contributed by atoms with Crippen LogP contribution in [0.1, 0.15) is 36.0 Å². The molecule has 0 radical (unpaired) electrons. The standard InChI is InChI=1S/C27H26ClN3O3/c1-33-18-9-10-21(28)20(14-18)25-15-24-26(34-25)19(11-12-30-24)16-5-4-6-17(13-16)27(32)31-23-8-3-2-7-22(23)29/h4-6,9-15,22-23H,2-3,7-8,29H2,1H3,(H,31,32)/t22-,23+/m0/s1. The smallest absolute Gasteiger partial charge is 0.251 e. The number of hydrogen-bond donors (Lipinski definition) is 2. The molecule has 4 aromatic rings. The molecule has 0 aliphatic heterocycles. The molecule has 6 nitrogen and oxygen atoms in total. The highest BCUT2D eigenvalue weighted by atomic mass is 35.5. The molecule has 2 atom stereocenters. The van der Waals surface area contributed by atoms with E-state index in [9.17, 15) is 4.79 Å². The number of nitrogens with one attached hydrogen (secondary N) is 1. The monoisotopic (exact) mass is 475 g/mol. The number of furan rings is 1. The fourth-order valence-corrected chi connectivity index (χ4v) is 4.75. The minimum Gasteiger partial charge on any atom is -0.497 e. The van der Waals surface area contributed by atoms with Gasteiger partial charge in [0.05, 0.1) is 12.1 Å². The van der Waals surface area contributed by atoms with Gasteiger partial charge in [-0.25, -0.2) is 0 Å². The van der Waals surface area contributed by atoms with E-state index in [1.807, 2.05) is 42.5 Å². The Labute approximate surface area is 203 Å². The first-order valence-corrected chi connectivity index (χ1v) is 11.8. The first kappa shape index (κ1) is 22.4. The predicted molar refractivity (Wildman–Crippen MR) is 134 cm³/mol. The summed E-state index contributed by atoms with van der Waals surface area (Å²) in [5, 5.41) is 3.67. The van der Waals surface area contributed by atoms with Crippen LogP contribution in [0.15, 0.2) is 65.2 Å². The largest absolute Gasteiger partial charge is 0.497 e. The first-order chi connectivity index (χ1) is 16.5. The third-order valence-electron chi connectivity index (χ3n) is 6.42. The summed E-state index contributed by atoms with van der Waals surface area (Å²) in [5.41, 5.74) is 10.6. The Morgan fingerprint density at radius 3 is 2.79 bits per heavy atom. The van der Waals surface area contributed by atoms with Gasteiger partial charge in [0.25, 0.3) is 5.91 Å². The van der Waals surface area contributed by atoms with Crippen molar-refractivity contribution in [2.45, 2.75) is 37.8 Å². The number of aromatic nitrogens is 1. The fourth-order valence-electron chi connectivity index (χ4n) is 4.54. The summed E-state index contributed by atoms with van der Waals surface area (Å²) >= 11 is 6.43. The second-order valence-corrected chi connectivity index (χ2v) is 9.05. The molecule has 1 aliphatic carbocycles. The Morgan fingerprint density at radius 2 is 1.97 bits per heavy atom. The lowest BCUT2D eigenvalue weighted by Gasteiger charge is -2.29. The lowest BCUT2D eigenvalue weighted by atomic mass is 9.91. The van der Waals surface area contributed by atoms with Crippen molar-refractivity contribution in [3.63, 3.8) is 0 Å². The van der Waals surface area contributed by atoms with E-state index >= 15 is 0 Å². The Kier molecular flexibility index (Phi) is 6.26. The lowest BCUT2D eigenvalue weighted by Crippen LogP contribution is -2.49. The molecule has 2 heterocycles. The summed E-state index contributed by atoms with van der Waals surface area (Å²) < 4.78 is 11.6. The number of nitrogens with two attached hydrogens (primary N) is 1. The normalized spacial score (nSPS) is 18.1. The van der Waals surface area contributed by atoms with Gasteiger partial charge in [0.1, 0.15) is 17.0 Å². The van der Waals surface area contributed by atoms with Gasteiger partial charge in [-0.3, -0.25) is 9.78 Å². The highest BCUT2D eigenvalue weighted by Gasteiger charge is 2.24. The van der Waals surface area contributed by atoms with Crippen LogP contribution in [0.2, 0.25) is 5.02 Å². The second kappa shape index (κ2) is 9.49. The molecule has 0 saturated heterocycles. The number of nitrogens with zero attached hydrogens (tertiary/aromatic N) is 1. The van der Waals surface area contributed by atoms with Crippen molar-refractivity contribution in [3.05, 3.63) is 71.4 Å². The summed E-state index contributed by atoms with van der Waals surface area (Å²) in [5.74, 6) is 1.17. The van der Waals surface area contributed by atoms with Crippen LogP contribution in [0.25, 0.3) is 33.6 Å². The number of ether oxygens (including phenoxy) is 1. The molecule has 1 saturated carbocycles. The van der Waals surface area contributed by atoms with Crippen LogP contribution in [-0.4, -0.2) is 30.1 Å². The molecule has 5 rings (SSSR count). The van der Waals surface area contributed by atoms with E-state index in [1.165, 1.54) is 0 Å². The van der Waals surface area contributed by atoms with Crippen LogP contribution in [0.3, 0.4) is 0 Å². The summed E-state index contributed by atoms with van der Waals surface area (Å²) in [6.45, 7) is 0. The number of carbonyl (C=O) groups is 1. The molecule has 1 aliphatic rings. The van der Waals surface area contributed by atoms with E-state index < -0.39 is 0 Å². The Morgan fingerprint density at radius 1 is 1.12 bits per heavy atom. The third kappa shape index (κ3) is 4.39. The van der Waals surface area contributed by atoms with E-state index in [4.69, 9.17) is 26.5 Å². The molecule has 0 bridgehead atoms. The lowest BCUT2D eigenvalue weighted by molar-refractivity contribution is 0.0921. The number of benzene rings is 2. The number of pyridine rings is 1. The van der Waals surface area contributed by atoms with Crippen LogP contribution >= 0.6 is 11.6 Å². The number of halogens is 1. The van der Waals surface area contributed by atoms with Gasteiger partial charge in [-0.2, -0.15) is 0 Å². The van der Waals surface area contributed by atoms with Gasteiger partial charge in [-0.05, 0) is 54.8 Å². The quantitative estimate of drug-likeness (QED) is 0.379. The van der Waals surface area contributed by atoms with Crippen molar-refractivity contribution < 1.29 is 13.9 Å². The zero-order chi connectivity index (χ0) is 23.7. The zero-order valence-electron chi connectivity index (χ0n) is 18.9. The molecule has 3 N–H and O–H groups in total. The van der Waals surface area contributed by atoms with Crippen molar-refractivity contribution in [3.8, 4) is 28.2 Å². The van der Waals surface area contributed by atoms with Crippen LogP contribution in [0.4, 0.5) is 0 Å². The number of methoxy groups -OCH3 is 1. The minimum absolute atomic E-state index is 0.00526. The zero-order valence-corrected chi connectivity index (χ0v) is 19.6. The molecule has 1 fully saturated rings. The van der Waals surface area contributed by atoms with E-state index in [0.717, 1.165) is 42.4 Å². The van der Waals surface area contributed by atoms with E-state index in [2.05, 4.69) is 10.3 Å². The van der Waals surface area contributed by atoms with Gasteiger partial charge < -0.3 is 20.2 Å². The maximum absolute atomic E-state index is 13.0. The maximum atomic E-state index is 13.0. The molecular formula is C27H26ClN3O3. The van der Waals surface area contributed by atoms with Gasteiger partial charge in [-0.1, -0.05) is 36.6 Å². The van der Waals surface area contributed by atoms with Crippen molar-refractivity contribution in [1.82, 2.24) is 10.3 Å². The number of hydrogen-bond acceptors (Lipinski definition) is 5. The molecule has 174 valence electrons. The van der Waals surface area contributed by atoms with Gasteiger partial charge >= 0.3 is 0 Å². The van der Waals surface area contributed by atoms with Crippen LogP contribution in [0.5, 0.6) is 5.75 Å². The topological polar surface area (TPSA) is 90.4 Å². The van der Waals surface area contributed by atoms with Crippen molar-refractivity contribution in [2.24, 2.45) is 5.73 Å². The van der Waals surface area contributed by atoms with Crippen molar-refractivity contribution >= 4 is 28.6 Å². The first-order valence-electron chi connectivity index (χ1n) is 11.4. The Hall–Kier alpha value is -3.35. The molecular weight excluding hydrogens is 450 g/mol. The Balaban J connectivity index is 1.49. The molecule has 0 spiro atoms. The summed E-state index contributed by atoms with van der Waals surface area (Å²) in [6, 6.07) is 16.7. The number of amides is 1. The van der Waals surface area contributed by atoms with E-state index in [0.29, 0.717) is 33.2 Å². The van der Waals surface area contributed by atoms with Crippen molar-refractivity contribution in [1.29, 1.82) is 0 Å². The molecule has 34 heavy (non-hydrogen) atoms. The molecule has 0 unspecified atom stereocenters. The van der Waals surface area contributed by atoms with E-state index in [1.54, 1.807) is 25.4 Å². The predicted octanol–water partition coefficient (Wildman–Crippen LogP) is 5.82. The molecule has 1 amide bonds. The van der Waals surface area contributed by atoms with Gasteiger partial charge in [0, 0.05) is 41.0 Å². The third-order valence-corrected chi connectivity index (χ3v) is 6.75. The molecule has 7 heteroatoms. The summed E-state index contributed by atoms with van der Waals surface area (Å²) in [6.07, 6.45) is 5.80. The summed E-state index contributed by atoms with van der Waals surface area (Å²) in [4.78, 5) is 17.4. The number of fused-ring (bicyclic) bond motifs is 1. The molecule has 2 aromatic carbocycles. The van der Waals surface area contributed by atoms with E-state index in [-0.39, 0.29) is 18.0 Å². The number of rotatable bonds is 5. The second-order valence-electron chi connectivity index (χ2n) is 8.64. The van der Waals surface area contributed by atoms with Crippen LogP contribution in [0, 0.1) is 0 Å².